The molecule has 1 amide bonds. The predicted octanol–water partition coefficient (Wildman–Crippen LogP) is 3.15. The van der Waals surface area contributed by atoms with Gasteiger partial charge in [0, 0.05) is 12.1 Å². The van der Waals surface area contributed by atoms with Crippen LogP contribution in [0.2, 0.25) is 0 Å². The molecule has 148 valence electrons. The number of ether oxygens (including phenoxy) is 1. The molecule has 1 atom stereocenters. The van der Waals surface area contributed by atoms with Crippen LogP contribution in [0.15, 0.2) is 57.2 Å². The number of anilines is 2. The Hall–Kier alpha value is -3.88. The molecule has 0 saturated heterocycles. The first-order chi connectivity index (χ1) is 14.0. The van der Waals surface area contributed by atoms with Crippen LogP contribution < -0.4 is 10.2 Å². The minimum Gasteiger partial charge on any atom is -0.465 e. The van der Waals surface area contributed by atoms with Gasteiger partial charge < -0.3 is 19.1 Å². The molecule has 9 nitrogen and oxygen atoms in total. The number of aromatic nitrogens is 2. The molecule has 0 saturated carbocycles. The fraction of sp³-hybridized carbons (Fsp3) is 0.200. The van der Waals surface area contributed by atoms with E-state index < -0.39 is 12.0 Å². The lowest BCUT2D eigenvalue weighted by Crippen LogP contribution is -2.31. The molecule has 3 aromatic rings. The van der Waals surface area contributed by atoms with Gasteiger partial charge in [0.25, 0.3) is 5.91 Å². The summed E-state index contributed by atoms with van der Waals surface area (Å²) in [6.45, 7) is 3.52. The number of methoxy groups -OCH3 is 1. The minimum atomic E-state index is -0.450. The van der Waals surface area contributed by atoms with Crippen molar-refractivity contribution in [1.29, 1.82) is 0 Å². The summed E-state index contributed by atoms with van der Waals surface area (Å²) >= 11 is 0. The summed E-state index contributed by atoms with van der Waals surface area (Å²) in [7, 11) is 1.33. The molecule has 0 bridgehead atoms. The van der Waals surface area contributed by atoms with E-state index in [1.165, 1.54) is 12.0 Å². The third kappa shape index (κ3) is 3.49. The number of benzene rings is 1. The first-order valence-electron chi connectivity index (χ1n) is 8.83. The number of nitrogens with one attached hydrogen (secondary N) is 1. The predicted molar refractivity (Wildman–Crippen MR) is 102 cm³/mol. The van der Waals surface area contributed by atoms with Crippen molar-refractivity contribution in [3.63, 3.8) is 0 Å². The Balaban J connectivity index is 1.70. The van der Waals surface area contributed by atoms with Gasteiger partial charge in [0.05, 0.1) is 18.7 Å². The zero-order valence-corrected chi connectivity index (χ0v) is 16.0. The monoisotopic (exact) mass is 394 g/mol. The Bertz CT molecular complexity index is 1100. The highest BCUT2D eigenvalue weighted by Crippen LogP contribution is 2.35. The van der Waals surface area contributed by atoms with E-state index in [2.05, 4.69) is 15.6 Å². The first-order valence-corrected chi connectivity index (χ1v) is 8.83. The molecule has 1 aliphatic rings. The van der Waals surface area contributed by atoms with Gasteiger partial charge in [-0.1, -0.05) is 22.4 Å². The summed E-state index contributed by atoms with van der Waals surface area (Å²) in [4.78, 5) is 26.3. The summed E-state index contributed by atoms with van der Waals surface area (Å²) in [5.41, 5.74) is 1.55. The van der Waals surface area contributed by atoms with Gasteiger partial charge in [-0.3, -0.25) is 9.69 Å². The second-order valence-corrected chi connectivity index (χ2v) is 6.56. The topological polar surface area (TPSA) is 111 Å². The lowest BCUT2D eigenvalue weighted by molar-refractivity contribution is -0.114. The van der Waals surface area contributed by atoms with Crippen LogP contribution in [0.25, 0.3) is 0 Å². The average molecular weight is 394 g/mol. The molecule has 2 aromatic heterocycles. The number of hydrogen-bond acceptors (Lipinski definition) is 8. The van der Waals surface area contributed by atoms with Gasteiger partial charge in [-0.25, -0.2) is 4.79 Å². The minimum absolute atomic E-state index is 0.291. The first kappa shape index (κ1) is 18.5. The SMILES string of the molecule is COC(=O)c1ccc(C2C=C(Nc3cc(C)on3)C(=O)N2c2cc(C)on2)cc1. The quantitative estimate of drug-likeness (QED) is 0.657. The smallest absolute Gasteiger partial charge is 0.337 e. The number of carbonyl (C=O) groups is 2. The second kappa shape index (κ2) is 7.27. The van der Waals surface area contributed by atoms with Crippen molar-refractivity contribution >= 4 is 23.5 Å². The summed E-state index contributed by atoms with van der Waals surface area (Å²) in [6, 6.07) is 9.76. The normalized spacial score (nSPS) is 16.1. The molecule has 1 N–H and O–H groups in total. The molecule has 0 spiro atoms. The van der Waals surface area contributed by atoms with Crippen molar-refractivity contribution in [3.8, 4) is 0 Å². The maximum Gasteiger partial charge on any atom is 0.337 e. The molecule has 3 heterocycles. The molecule has 0 radical (unpaired) electrons. The highest BCUT2D eigenvalue weighted by molar-refractivity contribution is 6.10. The molecular formula is C20H18N4O5. The maximum absolute atomic E-state index is 13.1. The second-order valence-electron chi connectivity index (χ2n) is 6.56. The van der Waals surface area contributed by atoms with Crippen molar-refractivity contribution in [2.24, 2.45) is 0 Å². The van der Waals surface area contributed by atoms with E-state index in [1.54, 1.807) is 56.3 Å². The van der Waals surface area contributed by atoms with Gasteiger partial charge >= 0.3 is 5.97 Å². The van der Waals surface area contributed by atoms with Gasteiger partial charge in [-0.2, -0.15) is 0 Å². The molecular weight excluding hydrogens is 376 g/mol. The van der Waals surface area contributed by atoms with Gasteiger partial charge in [0.1, 0.15) is 17.2 Å². The van der Waals surface area contributed by atoms with Crippen LogP contribution in [0.4, 0.5) is 11.6 Å². The highest BCUT2D eigenvalue weighted by Gasteiger charge is 2.37. The lowest BCUT2D eigenvalue weighted by atomic mass is 10.0. The Kier molecular flexibility index (Phi) is 4.63. The number of nitrogens with zero attached hydrogens (tertiary/aromatic N) is 3. The van der Waals surface area contributed by atoms with Crippen LogP contribution in [0.1, 0.15) is 33.5 Å². The number of hydrogen-bond donors (Lipinski definition) is 1. The van der Waals surface area contributed by atoms with Crippen LogP contribution in [-0.4, -0.2) is 29.3 Å². The fourth-order valence-corrected chi connectivity index (χ4v) is 3.11. The number of esters is 1. The Morgan fingerprint density at radius 1 is 1.10 bits per heavy atom. The molecule has 1 unspecified atom stereocenters. The molecule has 0 fully saturated rings. The third-order valence-electron chi connectivity index (χ3n) is 4.48. The molecule has 29 heavy (non-hydrogen) atoms. The van der Waals surface area contributed by atoms with Crippen LogP contribution >= 0.6 is 0 Å². The van der Waals surface area contributed by atoms with Crippen molar-refractivity contribution in [1.82, 2.24) is 10.3 Å². The summed E-state index contributed by atoms with van der Waals surface area (Å²) in [5, 5.41) is 10.8. The van der Waals surface area contributed by atoms with E-state index in [-0.39, 0.29) is 5.91 Å². The van der Waals surface area contributed by atoms with E-state index in [1.807, 2.05) is 0 Å². The van der Waals surface area contributed by atoms with Gasteiger partial charge in [-0.05, 0) is 37.6 Å². The van der Waals surface area contributed by atoms with Crippen molar-refractivity contribution in [3.05, 3.63) is 70.8 Å². The van der Waals surface area contributed by atoms with Crippen LogP contribution in [0.5, 0.6) is 0 Å². The zero-order chi connectivity index (χ0) is 20.5. The number of carbonyl (C=O) groups excluding carboxylic acids is 2. The van der Waals surface area contributed by atoms with Gasteiger partial charge in [0.2, 0.25) is 0 Å². The lowest BCUT2D eigenvalue weighted by Gasteiger charge is -2.22. The van der Waals surface area contributed by atoms with Gasteiger partial charge in [0.15, 0.2) is 11.6 Å². The fourth-order valence-electron chi connectivity index (χ4n) is 3.11. The standard InChI is InChI=1S/C20H18N4O5/c1-11-8-17(22-28-11)21-15-10-16(13-4-6-14(7-5-13)20(26)27-3)24(19(15)25)18-9-12(2)29-23-18/h4-10,16H,1-3H3,(H,21,22). The van der Waals surface area contributed by atoms with Crippen molar-refractivity contribution < 1.29 is 23.4 Å². The number of aryl methyl sites for hydroxylation is 2. The largest absolute Gasteiger partial charge is 0.465 e. The van der Waals surface area contributed by atoms with Gasteiger partial charge in [-0.15, -0.1) is 0 Å². The summed E-state index contributed by atoms with van der Waals surface area (Å²) in [6.07, 6.45) is 1.77. The van der Waals surface area contributed by atoms with Crippen molar-refractivity contribution in [2.45, 2.75) is 19.9 Å². The summed E-state index contributed by atoms with van der Waals surface area (Å²) in [5.74, 6) is 1.31. The van der Waals surface area contributed by atoms with Crippen LogP contribution in [-0.2, 0) is 9.53 Å². The Labute approximate surface area is 165 Å². The van der Waals surface area contributed by atoms with E-state index >= 15 is 0 Å². The number of rotatable bonds is 5. The highest BCUT2D eigenvalue weighted by atomic mass is 16.5. The third-order valence-corrected chi connectivity index (χ3v) is 4.48. The average Bonchev–Trinajstić information content (AvgIpc) is 3.41. The van der Waals surface area contributed by atoms with Crippen LogP contribution in [0.3, 0.4) is 0 Å². The Morgan fingerprint density at radius 2 is 1.79 bits per heavy atom. The maximum atomic E-state index is 13.1. The van der Waals surface area contributed by atoms with E-state index in [0.29, 0.717) is 34.4 Å². The molecule has 1 aromatic carbocycles. The molecule has 4 rings (SSSR count). The zero-order valence-electron chi connectivity index (χ0n) is 16.0. The summed E-state index contributed by atoms with van der Waals surface area (Å²) < 4.78 is 14.9. The van der Waals surface area contributed by atoms with Crippen LogP contribution in [0, 0.1) is 13.8 Å². The molecule has 0 aliphatic carbocycles. The Morgan fingerprint density at radius 3 is 2.38 bits per heavy atom. The molecule has 1 aliphatic heterocycles. The molecule has 9 heteroatoms. The van der Waals surface area contributed by atoms with E-state index in [0.717, 1.165) is 5.56 Å². The van der Waals surface area contributed by atoms with Crippen molar-refractivity contribution in [2.75, 3.05) is 17.3 Å². The number of amides is 1. The van der Waals surface area contributed by atoms with E-state index in [4.69, 9.17) is 13.8 Å². The van der Waals surface area contributed by atoms with E-state index in [9.17, 15) is 9.59 Å².